The zero-order valence-electron chi connectivity index (χ0n) is 10.6. The first-order valence-corrected chi connectivity index (χ1v) is 5.25. The van der Waals surface area contributed by atoms with Gasteiger partial charge < -0.3 is 10.2 Å². The monoisotopic (exact) mass is 315 g/mol. The van der Waals surface area contributed by atoms with E-state index in [1.165, 1.54) is 0 Å². The largest absolute Gasteiger partial charge is 0.478 e. The Morgan fingerprint density at radius 3 is 1.63 bits per heavy atom. The first-order valence-electron chi connectivity index (χ1n) is 3.81. The van der Waals surface area contributed by atoms with Gasteiger partial charge in [-0.15, -0.1) is 0 Å². The van der Waals surface area contributed by atoms with Crippen molar-refractivity contribution in [1.82, 2.24) is 0 Å². The Hall–Kier alpha value is 1.07. The molecule has 3 N–H and O–H groups in total. The van der Waals surface area contributed by atoms with Crippen LogP contribution in [0.5, 0.6) is 0 Å². The molecule has 1 rings (SSSR count). The summed E-state index contributed by atoms with van der Waals surface area (Å²) in [5.41, 5.74) is -1.26. The third kappa shape index (κ3) is 7.05. The van der Waals surface area contributed by atoms with Gasteiger partial charge in [0.2, 0.25) is 0 Å². The number of carbonyl (C=O) groups is 2. The molecule has 0 bridgehead atoms. The van der Waals surface area contributed by atoms with Gasteiger partial charge >= 0.3 is 11.9 Å². The average Bonchev–Trinajstić information content (AvgIpc) is 2.15. The molecule has 0 heterocycles. The van der Waals surface area contributed by atoms with E-state index in [-0.39, 0.29) is 88.7 Å². The van der Waals surface area contributed by atoms with Gasteiger partial charge in [0.25, 0.3) is 10.1 Å². The number of rotatable bonds is 3. The fraction of sp³-hybridized carbons (Fsp3) is 0. The van der Waals surface area contributed by atoms with Crippen LogP contribution in [0, 0.1) is 0 Å². The van der Waals surface area contributed by atoms with Crippen LogP contribution in [-0.4, -0.2) is 124 Å². The van der Waals surface area contributed by atoms with Crippen molar-refractivity contribution in [3.63, 3.8) is 0 Å². The number of hydrogen-bond donors (Lipinski definition) is 3. The minimum atomic E-state index is -4.56. The smallest absolute Gasteiger partial charge is 0.336 e. The maximum atomic E-state index is 10.7. The molecular weight excluding hydrogens is 309 g/mol. The molecule has 0 amide bonds. The van der Waals surface area contributed by atoms with Crippen LogP contribution in [0.1, 0.15) is 20.7 Å². The van der Waals surface area contributed by atoms with Gasteiger partial charge in [-0.05, 0) is 18.2 Å². The molecule has 0 fully saturated rings. The average molecular weight is 315 g/mol. The molecule has 0 spiro atoms. The van der Waals surface area contributed by atoms with Crippen molar-refractivity contribution in [3.05, 3.63) is 29.3 Å². The molecule has 1 aromatic rings. The summed E-state index contributed by atoms with van der Waals surface area (Å²) in [5, 5.41) is 17.3. The quantitative estimate of drug-likeness (QED) is 0.491. The van der Waals surface area contributed by atoms with E-state index in [0.29, 0.717) is 6.07 Å². The maximum absolute atomic E-state index is 10.7. The van der Waals surface area contributed by atoms with Gasteiger partial charge in [-0.2, -0.15) is 8.42 Å². The van der Waals surface area contributed by atoms with E-state index in [9.17, 15) is 18.0 Å². The summed E-state index contributed by atoms with van der Waals surface area (Å²) < 4.78 is 30.1. The first kappa shape index (κ1) is 25.0. The van der Waals surface area contributed by atoms with Crippen LogP contribution in [0.15, 0.2) is 23.1 Å². The molecule has 3 radical (unpaired) electrons. The number of carboxylic acids is 2. The molecule has 0 saturated carbocycles. The fourth-order valence-electron chi connectivity index (χ4n) is 1.05. The number of carboxylic acid groups (broad SMARTS) is 2. The van der Waals surface area contributed by atoms with E-state index in [4.69, 9.17) is 14.8 Å². The van der Waals surface area contributed by atoms with Gasteiger partial charge in [0.05, 0.1) is 16.0 Å². The van der Waals surface area contributed by atoms with Crippen molar-refractivity contribution in [3.8, 4) is 0 Å². The van der Waals surface area contributed by atoms with Crippen molar-refractivity contribution < 1.29 is 32.8 Å². The predicted octanol–water partition coefficient (Wildman–Crippen LogP) is -0.813. The number of hydrogen-bond acceptors (Lipinski definition) is 4. The molecule has 19 heavy (non-hydrogen) atoms. The van der Waals surface area contributed by atoms with Crippen LogP contribution >= 0.6 is 0 Å². The zero-order chi connectivity index (χ0) is 12.5. The van der Waals surface area contributed by atoms with Gasteiger partial charge in [-0.3, -0.25) is 4.55 Å². The Morgan fingerprint density at radius 1 is 0.895 bits per heavy atom. The molecule has 89 valence electrons. The van der Waals surface area contributed by atoms with Crippen LogP contribution in [0.4, 0.5) is 0 Å². The Labute approximate surface area is 175 Å². The summed E-state index contributed by atoms with van der Waals surface area (Å²) in [4.78, 5) is 20.6. The van der Waals surface area contributed by atoms with Gasteiger partial charge in [0.15, 0.2) is 0 Å². The normalized spacial score (nSPS) is 9.32. The molecule has 11 heteroatoms. The first-order chi connectivity index (χ1) is 7.23. The molecule has 0 aliphatic carbocycles. The Bertz CT molecular complexity index is 570. The predicted molar refractivity (Wildman–Crippen MR) is 67.4 cm³/mol. The second kappa shape index (κ2) is 9.91. The van der Waals surface area contributed by atoms with Crippen LogP contribution in [0.3, 0.4) is 0 Å². The van der Waals surface area contributed by atoms with Gasteiger partial charge in [-0.1, -0.05) is 0 Å². The van der Waals surface area contributed by atoms with Crippen LogP contribution < -0.4 is 0 Å². The number of benzene rings is 1. The minimum absolute atomic E-state index is 0. The molecule has 0 atom stereocenters. The van der Waals surface area contributed by atoms with Crippen molar-refractivity contribution in [2.45, 2.75) is 4.90 Å². The molecule has 0 aromatic heterocycles. The standard InChI is InChI=1S/C8H6O7S.3Na/c9-7(10)5-2-1-4(16(13,14)15)3-6(5)8(11)12;;;/h1-3H,(H,9,10)(H,11,12)(H,13,14,15);;;. The van der Waals surface area contributed by atoms with Gasteiger partial charge in [0.1, 0.15) is 0 Å². The zero-order valence-corrected chi connectivity index (χ0v) is 17.4. The molecule has 1 aromatic carbocycles. The van der Waals surface area contributed by atoms with Crippen LogP contribution in [0.2, 0.25) is 0 Å². The van der Waals surface area contributed by atoms with E-state index in [2.05, 4.69) is 0 Å². The topological polar surface area (TPSA) is 129 Å². The second-order valence-electron chi connectivity index (χ2n) is 2.79. The van der Waals surface area contributed by atoms with E-state index < -0.39 is 38.1 Å². The van der Waals surface area contributed by atoms with E-state index >= 15 is 0 Å². The Balaban J connectivity index is -0.000000853. The van der Waals surface area contributed by atoms with Crippen LogP contribution in [0.25, 0.3) is 0 Å². The summed E-state index contributed by atoms with van der Waals surface area (Å²) in [6.07, 6.45) is 0. The van der Waals surface area contributed by atoms with Gasteiger partial charge in [-0.25, -0.2) is 9.59 Å². The summed E-state index contributed by atoms with van der Waals surface area (Å²) in [6.45, 7) is 0. The van der Waals surface area contributed by atoms with Crippen molar-refractivity contribution in [1.29, 1.82) is 0 Å². The second-order valence-corrected chi connectivity index (χ2v) is 4.21. The number of aromatic carboxylic acids is 2. The van der Waals surface area contributed by atoms with E-state index in [1.54, 1.807) is 0 Å². The summed E-state index contributed by atoms with van der Waals surface area (Å²) >= 11 is 0. The Kier molecular flexibility index (Phi) is 13.1. The van der Waals surface area contributed by atoms with Crippen molar-refractivity contribution >= 4 is 111 Å². The SMILES string of the molecule is O=C(O)c1ccc(S(=O)(=O)O)cc1C(=O)O.[Na].[Na].[Na]. The maximum Gasteiger partial charge on any atom is 0.336 e. The molecule has 0 saturated heterocycles. The molecule has 0 aliphatic rings. The van der Waals surface area contributed by atoms with Crippen molar-refractivity contribution in [2.75, 3.05) is 0 Å². The fourth-order valence-corrected chi connectivity index (χ4v) is 1.55. The summed E-state index contributed by atoms with van der Waals surface area (Å²) in [6, 6.07) is 2.20. The van der Waals surface area contributed by atoms with Crippen LogP contribution in [-0.2, 0) is 10.1 Å². The molecule has 7 nitrogen and oxygen atoms in total. The molecule has 0 aliphatic heterocycles. The Morgan fingerprint density at radius 2 is 1.32 bits per heavy atom. The third-order valence-electron chi connectivity index (χ3n) is 1.75. The summed E-state index contributed by atoms with van der Waals surface area (Å²) in [7, 11) is -4.56. The van der Waals surface area contributed by atoms with Gasteiger partial charge in [0, 0.05) is 88.7 Å². The molecular formula is C8H6Na3O7S. The third-order valence-corrected chi connectivity index (χ3v) is 2.60. The molecule has 0 unspecified atom stereocenters. The minimum Gasteiger partial charge on any atom is -0.478 e. The van der Waals surface area contributed by atoms with E-state index in [1.807, 2.05) is 0 Å². The van der Waals surface area contributed by atoms with E-state index in [0.717, 1.165) is 12.1 Å². The summed E-state index contributed by atoms with van der Waals surface area (Å²) in [5.74, 6) is -3.10. The van der Waals surface area contributed by atoms with Crippen molar-refractivity contribution in [2.24, 2.45) is 0 Å².